The highest BCUT2D eigenvalue weighted by Gasteiger charge is 2.15. The number of benzene rings is 1. The minimum Gasteiger partial charge on any atom is -0.384 e. The van der Waals surface area contributed by atoms with Crippen LogP contribution in [0.4, 0.5) is 0 Å². The van der Waals surface area contributed by atoms with Crippen LogP contribution in [-0.2, 0) is 11.3 Å². The molecule has 3 rings (SSSR count). The van der Waals surface area contributed by atoms with E-state index in [1.807, 2.05) is 35.6 Å². The van der Waals surface area contributed by atoms with E-state index >= 15 is 0 Å². The summed E-state index contributed by atoms with van der Waals surface area (Å²) in [6.07, 6.45) is 0.868. The van der Waals surface area contributed by atoms with Crippen molar-refractivity contribution < 1.29 is 4.74 Å². The number of aryl methyl sites for hydroxylation is 1. The molecule has 22 heavy (non-hydrogen) atoms. The SMILES string of the molecule is CCCn1c(=O)c2ccccc2n2c(SCCOC)nnc12. The van der Waals surface area contributed by atoms with Gasteiger partial charge < -0.3 is 4.74 Å². The standard InChI is InChI=1S/C15H18N4O2S/c1-3-8-18-13(20)11-6-4-5-7-12(11)19-14(18)16-17-15(19)22-10-9-21-2/h4-7H,3,8-10H2,1-2H3. The molecule has 0 aliphatic carbocycles. The molecule has 0 amide bonds. The van der Waals surface area contributed by atoms with Crippen LogP contribution < -0.4 is 5.56 Å². The summed E-state index contributed by atoms with van der Waals surface area (Å²) in [5, 5.41) is 9.98. The highest BCUT2D eigenvalue weighted by atomic mass is 32.2. The van der Waals surface area contributed by atoms with Crippen molar-refractivity contribution in [3.63, 3.8) is 0 Å². The number of fused-ring (bicyclic) bond motifs is 3. The van der Waals surface area contributed by atoms with Gasteiger partial charge in [-0.15, -0.1) is 10.2 Å². The lowest BCUT2D eigenvalue weighted by molar-refractivity contribution is 0.218. The van der Waals surface area contributed by atoms with E-state index in [2.05, 4.69) is 10.2 Å². The van der Waals surface area contributed by atoms with Crippen molar-refractivity contribution in [2.24, 2.45) is 0 Å². The molecule has 0 atom stereocenters. The van der Waals surface area contributed by atoms with Gasteiger partial charge in [-0.05, 0) is 18.6 Å². The fraction of sp³-hybridized carbons (Fsp3) is 0.400. The van der Waals surface area contributed by atoms with Crippen molar-refractivity contribution in [3.8, 4) is 0 Å². The molecule has 2 aromatic heterocycles. The van der Waals surface area contributed by atoms with Crippen molar-refractivity contribution in [3.05, 3.63) is 34.6 Å². The van der Waals surface area contributed by atoms with E-state index in [4.69, 9.17) is 4.74 Å². The first-order valence-corrected chi connectivity index (χ1v) is 8.25. The topological polar surface area (TPSA) is 61.4 Å². The second-order valence-electron chi connectivity index (χ2n) is 4.93. The Bertz CT molecular complexity index is 856. The third-order valence-corrected chi connectivity index (χ3v) is 4.34. The summed E-state index contributed by atoms with van der Waals surface area (Å²) in [5.74, 6) is 1.39. The van der Waals surface area contributed by atoms with Crippen LogP contribution in [0.2, 0.25) is 0 Å². The van der Waals surface area contributed by atoms with Crippen LogP contribution in [0.5, 0.6) is 0 Å². The Morgan fingerprint density at radius 1 is 1.27 bits per heavy atom. The summed E-state index contributed by atoms with van der Waals surface area (Å²) >= 11 is 1.58. The van der Waals surface area contributed by atoms with Crippen LogP contribution in [0.15, 0.2) is 34.2 Å². The molecule has 6 nitrogen and oxygen atoms in total. The molecule has 116 valence electrons. The van der Waals surface area contributed by atoms with Gasteiger partial charge in [-0.25, -0.2) is 0 Å². The van der Waals surface area contributed by atoms with Gasteiger partial charge in [0.2, 0.25) is 5.78 Å². The summed E-state index contributed by atoms with van der Waals surface area (Å²) in [6, 6.07) is 7.60. The van der Waals surface area contributed by atoms with Crippen LogP contribution in [0.3, 0.4) is 0 Å². The van der Waals surface area contributed by atoms with E-state index in [0.717, 1.165) is 22.8 Å². The Kier molecular flexibility index (Phi) is 4.44. The number of hydrogen-bond donors (Lipinski definition) is 0. The molecule has 0 aliphatic rings. The molecule has 0 unspecified atom stereocenters. The van der Waals surface area contributed by atoms with Crippen LogP contribution >= 0.6 is 11.8 Å². The zero-order valence-corrected chi connectivity index (χ0v) is 13.5. The predicted molar refractivity (Wildman–Crippen MR) is 87.6 cm³/mol. The quantitative estimate of drug-likeness (QED) is 0.515. The van der Waals surface area contributed by atoms with Gasteiger partial charge in [0.25, 0.3) is 5.56 Å². The number of ether oxygens (including phenoxy) is 1. The highest BCUT2D eigenvalue weighted by molar-refractivity contribution is 7.99. The first-order chi connectivity index (χ1) is 10.8. The lowest BCUT2D eigenvalue weighted by atomic mass is 10.2. The largest absolute Gasteiger partial charge is 0.384 e. The van der Waals surface area contributed by atoms with Crippen LogP contribution in [0, 0.1) is 0 Å². The fourth-order valence-corrected chi connectivity index (χ4v) is 3.31. The molecular weight excluding hydrogens is 300 g/mol. The monoisotopic (exact) mass is 318 g/mol. The van der Waals surface area contributed by atoms with Crippen molar-refractivity contribution in [1.82, 2.24) is 19.2 Å². The summed E-state index contributed by atoms with van der Waals surface area (Å²) in [6.45, 7) is 3.32. The first kappa shape index (κ1) is 15.1. The minimum absolute atomic E-state index is 0.00853. The van der Waals surface area contributed by atoms with Gasteiger partial charge in [0.1, 0.15) is 0 Å². The van der Waals surface area contributed by atoms with Gasteiger partial charge in [-0.1, -0.05) is 30.8 Å². The molecule has 0 spiro atoms. The van der Waals surface area contributed by atoms with Crippen molar-refractivity contribution in [1.29, 1.82) is 0 Å². The van der Waals surface area contributed by atoms with Gasteiger partial charge >= 0.3 is 0 Å². The van der Waals surface area contributed by atoms with Gasteiger partial charge in [-0.3, -0.25) is 13.8 Å². The third-order valence-electron chi connectivity index (χ3n) is 3.44. The zero-order valence-electron chi connectivity index (χ0n) is 12.7. The van der Waals surface area contributed by atoms with E-state index in [1.54, 1.807) is 23.4 Å². The second-order valence-corrected chi connectivity index (χ2v) is 6.00. The van der Waals surface area contributed by atoms with Crippen LogP contribution in [0.25, 0.3) is 16.7 Å². The van der Waals surface area contributed by atoms with E-state index in [0.29, 0.717) is 24.3 Å². The maximum absolute atomic E-state index is 12.7. The molecular formula is C15H18N4O2S. The number of rotatable bonds is 6. The number of methoxy groups -OCH3 is 1. The van der Waals surface area contributed by atoms with Crippen molar-refractivity contribution in [2.45, 2.75) is 25.0 Å². The molecule has 0 saturated carbocycles. The van der Waals surface area contributed by atoms with Gasteiger partial charge in [0.15, 0.2) is 5.16 Å². The Morgan fingerprint density at radius 2 is 2.09 bits per heavy atom. The fourth-order valence-electron chi connectivity index (χ4n) is 2.47. The molecule has 0 saturated heterocycles. The third kappa shape index (κ3) is 2.50. The maximum atomic E-state index is 12.7. The molecule has 0 bridgehead atoms. The predicted octanol–water partition coefficient (Wildman–Crippen LogP) is 2.19. The van der Waals surface area contributed by atoms with Gasteiger partial charge in [0.05, 0.1) is 17.5 Å². The van der Waals surface area contributed by atoms with Crippen molar-refractivity contribution in [2.75, 3.05) is 19.5 Å². The van der Waals surface area contributed by atoms with Gasteiger partial charge in [0, 0.05) is 19.4 Å². The molecule has 0 fully saturated rings. The van der Waals surface area contributed by atoms with Crippen LogP contribution in [0.1, 0.15) is 13.3 Å². The maximum Gasteiger partial charge on any atom is 0.262 e. The molecule has 3 aromatic rings. The molecule has 1 aromatic carbocycles. The van der Waals surface area contributed by atoms with E-state index in [-0.39, 0.29) is 5.56 Å². The smallest absolute Gasteiger partial charge is 0.262 e. The molecule has 0 aliphatic heterocycles. The van der Waals surface area contributed by atoms with Crippen molar-refractivity contribution >= 4 is 28.4 Å². The average Bonchev–Trinajstić information content (AvgIpc) is 2.96. The zero-order chi connectivity index (χ0) is 15.5. The Hall–Kier alpha value is -1.86. The number of para-hydroxylation sites is 1. The summed E-state index contributed by atoms with van der Waals surface area (Å²) in [4.78, 5) is 12.7. The Labute approximate surface area is 132 Å². The van der Waals surface area contributed by atoms with E-state index in [1.165, 1.54) is 0 Å². The Balaban J connectivity index is 2.26. The lowest BCUT2D eigenvalue weighted by Gasteiger charge is -2.10. The number of hydrogen-bond acceptors (Lipinski definition) is 5. The summed E-state index contributed by atoms with van der Waals surface area (Å²) in [7, 11) is 1.68. The average molecular weight is 318 g/mol. The minimum atomic E-state index is -0.00853. The summed E-state index contributed by atoms with van der Waals surface area (Å²) in [5.41, 5.74) is 0.838. The highest BCUT2D eigenvalue weighted by Crippen LogP contribution is 2.21. The molecule has 2 heterocycles. The van der Waals surface area contributed by atoms with Gasteiger partial charge in [-0.2, -0.15) is 0 Å². The summed E-state index contributed by atoms with van der Waals surface area (Å²) < 4.78 is 8.76. The lowest BCUT2D eigenvalue weighted by Crippen LogP contribution is -2.23. The van der Waals surface area contributed by atoms with Crippen LogP contribution in [-0.4, -0.2) is 38.6 Å². The number of thioether (sulfide) groups is 1. The number of aromatic nitrogens is 4. The number of nitrogens with zero attached hydrogens (tertiary/aromatic N) is 4. The first-order valence-electron chi connectivity index (χ1n) is 7.26. The van der Waals surface area contributed by atoms with E-state index in [9.17, 15) is 4.79 Å². The van der Waals surface area contributed by atoms with E-state index < -0.39 is 0 Å². The second kappa shape index (κ2) is 6.50. The molecule has 7 heteroatoms. The normalized spacial score (nSPS) is 11.5. The molecule has 0 radical (unpaired) electrons. The Morgan fingerprint density at radius 3 is 2.86 bits per heavy atom. The molecule has 0 N–H and O–H groups in total.